The maximum Gasteiger partial charge on any atom is 0.325 e. The van der Waals surface area contributed by atoms with E-state index in [-0.39, 0.29) is 6.54 Å². The van der Waals surface area contributed by atoms with Gasteiger partial charge in [0.1, 0.15) is 11.6 Å². The van der Waals surface area contributed by atoms with Gasteiger partial charge in [-0.3, -0.25) is 14.4 Å². The highest BCUT2D eigenvalue weighted by Gasteiger charge is 2.42. The van der Waals surface area contributed by atoms with Crippen molar-refractivity contribution in [2.24, 2.45) is 5.73 Å². The molecule has 0 unspecified atom stereocenters. The Morgan fingerprint density at radius 3 is 2.33 bits per heavy atom. The van der Waals surface area contributed by atoms with Crippen LogP contribution in [0.25, 0.3) is 0 Å². The van der Waals surface area contributed by atoms with E-state index in [1.54, 1.807) is 0 Å². The maximum atomic E-state index is 12.1. The molecule has 0 radical (unpaired) electrons. The van der Waals surface area contributed by atoms with Crippen molar-refractivity contribution >= 4 is 17.8 Å². The predicted molar refractivity (Wildman–Crippen MR) is 63.6 cm³/mol. The lowest BCUT2D eigenvalue weighted by Gasteiger charge is -2.29. The van der Waals surface area contributed by atoms with Gasteiger partial charge in [0.05, 0.1) is 6.54 Å². The van der Waals surface area contributed by atoms with E-state index < -0.39 is 29.4 Å². The zero-order chi connectivity index (χ0) is 13.8. The highest BCUT2D eigenvalue weighted by Crippen LogP contribution is 2.30. The van der Waals surface area contributed by atoms with Crippen LogP contribution in [0.3, 0.4) is 0 Å². The van der Waals surface area contributed by atoms with Gasteiger partial charge < -0.3 is 21.5 Å². The number of amides is 2. The van der Waals surface area contributed by atoms with E-state index in [0.29, 0.717) is 12.8 Å². The fraction of sp³-hybridized carbons (Fsp3) is 0.727. The van der Waals surface area contributed by atoms with Crippen LogP contribution in [-0.4, -0.2) is 41.0 Å². The Hall–Kier alpha value is -1.63. The first-order chi connectivity index (χ1) is 8.41. The van der Waals surface area contributed by atoms with Gasteiger partial charge in [0, 0.05) is 0 Å². The number of hydrogen-bond acceptors (Lipinski definition) is 4. The van der Waals surface area contributed by atoms with Crippen molar-refractivity contribution in [1.82, 2.24) is 10.6 Å². The molecule has 0 saturated heterocycles. The van der Waals surface area contributed by atoms with Crippen LogP contribution in [-0.2, 0) is 14.4 Å². The first-order valence-corrected chi connectivity index (χ1v) is 5.96. The number of nitrogens with one attached hydrogen (secondary N) is 2. The zero-order valence-corrected chi connectivity index (χ0v) is 10.4. The molecule has 1 rings (SSSR count). The van der Waals surface area contributed by atoms with Gasteiger partial charge in [-0.15, -0.1) is 0 Å². The second kappa shape index (κ2) is 5.81. The molecule has 102 valence electrons. The van der Waals surface area contributed by atoms with Gasteiger partial charge in [-0.1, -0.05) is 12.8 Å². The molecule has 2 amide bonds. The molecular formula is C11H19N3O4. The summed E-state index contributed by atoms with van der Waals surface area (Å²) in [6, 6.07) is -0.982. The van der Waals surface area contributed by atoms with Crippen LogP contribution in [0.15, 0.2) is 0 Å². The first-order valence-electron chi connectivity index (χ1n) is 5.96. The summed E-state index contributed by atoms with van der Waals surface area (Å²) in [6.07, 6.45) is 2.66. The Morgan fingerprint density at radius 1 is 1.33 bits per heavy atom. The Balaban J connectivity index is 2.75. The van der Waals surface area contributed by atoms with Crippen molar-refractivity contribution < 1.29 is 19.5 Å². The molecule has 1 atom stereocenters. The molecular weight excluding hydrogens is 238 g/mol. The molecule has 0 bridgehead atoms. The van der Waals surface area contributed by atoms with Gasteiger partial charge in [-0.25, -0.2) is 0 Å². The minimum atomic E-state index is -1.11. The van der Waals surface area contributed by atoms with Crippen LogP contribution < -0.4 is 16.4 Å². The van der Waals surface area contributed by atoms with Crippen molar-refractivity contribution in [3.63, 3.8) is 0 Å². The van der Waals surface area contributed by atoms with Gasteiger partial charge in [-0.05, 0) is 19.8 Å². The van der Waals surface area contributed by atoms with Crippen LogP contribution in [0.1, 0.15) is 32.6 Å². The molecule has 1 aliphatic rings. The molecule has 18 heavy (non-hydrogen) atoms. The fourth-order valence-electron chi connectivity index (χ4n) is 2.10. The fourth-order valence-corrected chi connectivity index (χ4v) is 2.10. The van der Waals surface area contributed by atoms with E-state index in [4.69, 9.17) is 10.8 Å². The third kappa shape index (κ3) is 3.19. The van der Waals surface area contributed by atoms with Crippen molar-refractivity contribution in [2.75, 3.05) is 6.54 Å². The molecule has 0 aromatic heterocycles. The third-order valence-electron chi connectivity index (χ3n) is 3.17. The monoisotopic (exact) mass is 257 g/mol. The van der Waals surface area contributed by atoms with E-state index >= 15 is 0 Å². The standard InChI is InChI=1S/C11H19N3O4/c1-7(9(16)17)13-10(18)11(4-2-3-5-11)14-8(15)6-12/h7H,2-6,12H2,1H3,(H,13,18)(H,14,15)(H,16,17)/t7-/m1/s1. The lowest BCUT2D eigenvalue weighted by molar-refractivity contribution is -0.142. The Kier molecular flexibility index (Phi) is 4.66. The topological polar surface area (TPSA) is 122 Å². The summed E-state index contributed by atoms with van der Waals surface area (Å²) in [6.45, 7) is 1.19. The van der Waals surface area contributed by atoms with Crippen molar-refractivity contribution in [3.8, 4) is 0 Å². The Labute approximate surface area is 105 Å². The van der Waals surface area contributed by atoms with E-state index in [1.807, 2.05) is 0 Å². The Bertz CT molecular complexity index is 350. The largest absolute Gasteiger partial charge is 0.480 e. The number of carbonyl (C=O) groups is 3. The summed E-state index contributed by atoms with van der Waals surface area (Å²) in [5, 5.41) is 13.8. The molecule has 7 nitrogen and oxygen atoms in total. The van der Waals surface area contributed by atoms with Gasteiger partial charge >= 0.3 is 5.97 Å². The molecule has 0 aromatic carbocycles. The number of carboxylic acids is 1. The number of nitrogens with two attached hydrogens (primary N) is 1. The number of hydrogen-bond donors (Lipinski definition) is 4. The first kappa shape index (κ1) is 14.4. The summed E-state index contributed by atoms with van der Waals surface area (Å²) in [7, 11) is 0. The molecule has 1 aliphatic carbocycles. The summed E-state index contributed by atoms with van der Waals surface area (Å²) in [5.74, 6) is -1.96. The smallest absolute Gasteiger partial charge is 0.325 e. The summed E-state index contributed by atoms with van der Waals surface area (Å²) < 4.78 is 0. The van der Waals surface area contributed by atoms with Gasteiger partial charge in [-0.2, -0.15) is 0 Å². The molecule has 0 aromatic rings. The number of carboxylic acid groups (broad SMARTS) is 1. The minimum absolute atomic E-state index is 0.191. The SMILES string of the molecule is C[C@@H](NC(=O)C1(NC(=O)CN)CCCC1)C(=O)O. The average molecular weight is 257 g/mol. The van der Waals surface area contributed by atoms with E-state index in [2.05, 4.69) is 10.6 Å². The van der Waals surface area contributed by atoms with Crippen LogP contribution in [0.4, 0.5) is 0 Å². The minimum Gasteiger partial charge on any atom is -0.480 e. The number of aliphatic carboxylic acids is 1. The normalized spacial score (nSPS) is 19.0. The maximum absolute atomic E-state index is 12.1. The highest BCUT2D eigenvalue weighted by molar-refractivity contribution is 5.94. The van der Waals surface area contributed by atoms with Crippen LogP contribution in [0.2, 0.25) is 0 Å². The zero-order valence-electron chi connectivity index (χ0n) is 10.4. The van der Waals surface area contributed by atoms with Crippen molar-refractivity contribution in [3.05, 3.63) is 0 Å². The number of rotatable bonds is 5. The molecule has 0 heterocycles. The molecule has 5 N–H and O–H groups in total. The average Bonchev–Trinajstić information content (AvgIpc) is 2.78. The second-order valence-corrected chi connectivity index (χ2v) is 4.57. The van der Waals surface area contributed by atoms with Crippen LogP contribution in [0.5, 0.6) is 0 Å². The Morgan fingerprint density at radius 2 is 1.89 bits per heavy atom. The summed E-state index contributed by atoms with van der Waals surface area (Å²) in [5.41, 5.74) is 4.22. The summed E-state index contributed by atoms with van der Waals surface area (Å²) in [4.78, 5) is 34.2. The second-order valence-electron chi connectivity index (χ2n) is 4.57. The number of carbonyl (C=O) groups excluding carboxylic acids is 2. The summed E-state index contributed by atoms with van der Waals surface area (Å²) >= 11 is 0. The molecule has 1 fully saturated rings. The molecule has 0 aliphatic heterocycles. The van der Waals surface area contributed by atoms with E-state index in [9.17, 15) is 14.4 Å². The van der Waals surface area contributed by atoms with Crippen LogP contribution in [0, 0.1) is 0 Å². The lowest BCUT2D eigenvalue weighted by Crippen LogP contribution is -2.60. The van der Waals surface area contributed by atoms with Crippen molar-refractivity contribution in [2.45, 2.75) is 44.2 Å². The highest BCUT2D eigenvalue weighted by atomic mass is 16.4. The van der Waals surface area contributed by atoms with Crippen molar-refractivity contribution in [1.29, 1.82) is 0 Å². The molecule has 0 spiro atoms. The lowest BCUT2D eigenvalue weighted by atomic mass is 9.95. The van der Waals surface area contributed by atoms with E-state index in [0.717, 1.165) is 12.8 Å². The predicted octanol–water partition coefficient (Wildman–Crippen LogP) is -1.04. The van der Waals surface area contributed by atoms with Gasteiger partial charge in [0.2, 0.25) is 11.8 Å². The molecule has 7 heteroatoms. The molecule has 1 saturated carbocycles. The third-order valence-corrected chi connectivity index (χ3v) is 3.17. The van der Waals surface area contributed by atoms with Gasteiger partial charge in [0.15, 0.2) is 0 Å². The van der Waals surface area contributed by atoms with Gasteiger partial charge in [0.25, 0.3) is 0 Å². The van der Waals surface area contributed by atoms with Crippen LogP contribution >= 0.6 is 0 Å². The van der Waals surface area contributed by atoms with E-state index in [1.165, 1.54) is 6.92 Å². The quantitative estimate of drug-likeness (QED) is 0.501.